The minimum atomic E-state index is -1.06. The summed E-state index contributed by atoms with van der Waals surface area (Å²) in [6.45, 7) is 5.87. The third-order valence-electron chi connectivity index (χ3n) is 18.1. The van der Waals surface area contributed by atoms with Crippen molar-refractivity contribution in [2.24, 2.45) is 11.8 Å². The van der Waals surface area contributed by atoms with Crippen molar-refractivity contribution < 1.29 is 57.7 Å². The highest BCUT2D eigenvalue weighted by Gasteiger charge is 2.50. The van der Waals surface area contributed by atoms with Gasteiger partial charge < -0.3 is 71.7 Å². The molecule has 4 fully saturated rings. The minimum absolute atomic E-state index is 0.123. The number of hydrogen-bond acceptors (Lipinski definition) is 16. The number of aliphatic hydroxyl groups is 1. The van der Waals surface area contributed by atoms with E-state index in [0.717, 1.165) is 11.1 Å². The fourth-order valence-electron chi connectivity index (χ4n) is 13.0. The number of amides is 8. The van der Waals surface area contributed by atoms with E-state index in [9.17, 15) is 43.5 Å². The van der Waals surface area contributed by atoms with Crippen molar-refractivity contribution in [3.63, 3.8) is 0 Å². The van der Waals surface area contributed by atoms with E-state index in [1.54, 1.807) is 59.0 Å². The highest BCUT2D eigenvalue weighted by atomic mass is 16.5. The van der Waals surface area contributed by atoms with Gasteiger partial charge in [-0.15, -0.1) is 5.10 Å². The van der Waals surface area contributed by atoms with Crippen molar-refractivity contribution >= 4 is 47.3 Å². The number of aliphatic hydroxyl groups excluding tert-OH is 1. The number of carbonyl (C=O) groups is 8. The number of nitrogens with one attached hydrogen (secondary N) is 8. The molecular formula is C66H93N13O12. The molecular weight excluding hydrogens is 1170 g/mol. The molecule has 4 saturated heterocycles. The zero-order chi connectivity index (χ0) is 64.7. The van der Waals surface area contributed by atoms with Crippen LogP contribution in [0.15, 0.2) is 97.2 Å². The largest absolute Gasteiger partial charge is 0.396 e. The van der Waals surface area contributed by atoms with Gasteiger partial charge in [0.2, 0.25) is 47.3 Å². The molecule has 9 N–H and O–H groups in total. The predicted molar refractivity (Wildman–Crippen MR) is 337 cm³/mol. The van der Waals surface area contributed by atoms with Gasteiger partial charge in [0.05, 0.1) is 70.0 Å². The van der Waals surface area contributed by atoms with Gasteiger partial charge in [0, 0.05) is 62.7 Å². The second kappa shape index (κ2) is 35.2. The Morgan fingerprint density at radius 3 is 1.59 bits per heavy atom. The summed E-state index contributed by atoms with van der Waals surface area (Å²) in [7, 11) is 3.36. The van der Waals surface area contributed by atoms with Crippen LogP contribution >= 0.6 is 0 Å². The monoisotopic (exact) mass is 1260 g/mol. The van der Waals surface area contributed by atoms with E-state index in [0.29, 0.717) is 108 Å². The molecule has 1 aromatic heterocycles. The van der Waals surface area contributed by atoms with Crippen LogP contribution in [0.3, 0.4) is 0 Å². The number of benzene rings is 3. The Labute approximate surface area is 533 Å². The Balaban J connectivity index is 0.717. The summed E-state index contributed by atoms with van der Waals surface area (Å²) in [4.78, 5) is 114. The number of rotatable bonds is 34. The highest BCUT2D eigenvalue weighted by molar-refractivity contribution is 5.97. The summed E-state index contributed by atoms with van der Waals surface area (Å²) in [5, 5.41) is 42.6. The number of nitrogens with zero attached hydrogens (tertiary/aromatic N) is 5. The van der Waals surface area contributed by atoms with Crippen molar-refractivity contribution in [3.05, 3.63) is 120 Å². The van der Waals surface area contributed by atoms with Gasteiger partial charge in [-0.25, -0.2) is 4.68 Å². The Morgan fingerprint density at radius 1 is 0.582 bits per heavy atom. The Bertz CT molecular complexity index is 2950. The van der Waals surface area contributed by atoms with E-state index in [4.69, 9.17) is 14.2 Å². The summed E-state index contributed by atoms with van der Waals surface area (Å²) >= 11 is 0. The van der Waals surface area contributed by atoms with Gasteiger partial charge >= 0.3 is 0 Å². The first-order valence-corrected chi connectivity index (χ1v) is 32.4. The summed E-state index contributed by atoms with van der Waals surface area (Å²) < 4.78 is 18.8. The fourth-order valence-corrected chi connectivity index (χ4v) is 13.0. The molecule has 2 unspecified atom stereocenters. The molecule has 3 aromatic carbocycles. The molecule has 0 bridgehead atoms. The second-order valence-corrected chi connectivity index (χ2v) is 23.8. The van der Waals surface area contributed by atoms with E-state index < -0.39 is 77.9 Å². The summed E-state index contributed by atoms with van der Waals surface area (Å²) in [5.74, 6) is -3.76. The molecule has 4 aliphatic heterocycles. The lowest BCUT2D eigenvalue weighted by Gasteiger charge is -2.33. The molecule has 25 nitrogen and oxygen atoms in total. The maximum absolute atomic E-state index is 14.8. The lowest BCUT2D eigenvalue weighted by atomic mass is 9.92. The molecule has 494 valence electrons. The van der Waals surface area contributed by atoms with Gasteiger partial charge in [-0.2, -0.15) is 0 Å². The Morgan fingerprint density at radius 2 is 1.07 bits per heavy atom. The van der Waals surface area contributed by atoms with Crippen LogP contribution in [0, 0.1) is 11.8 Å². The third-order valence-corrected chi connectivity index (χ3v) is 18.1. The molecule has 0 aliphatic carbocycles. The van der Waals surface area contributed by atoms with E-state index >= 15 is 0 Å². The van der Waals surface area contributed by atoms with Crippen molar-refractivity contribution in [2.45, 2.75) is 158 Å². The molecule has 11 atom stereocenters. The molecule has 0 saturated carbocycles. The van der Waals surface area contributed by atoms with Crippen molar-refractivity contribution in [2.75, 3.05) is 73.4 Å². The average Bonchev–Trinajstić information content (AvgIpc) is 1.70. The van der Waals surface area contributed by atoms with Gasteiger partial charge in [0.15, 0.2) is 0 Å². The topological polar surface area (TPSA) is 318 Å². The molecule has 5 heterocycles. The van der Waals surface area contributed by atoms with Gasteiger partial charge in [0.1, 0.15) is 30.2 Å². The average molecular weight is 1260 g/mol. The number of fused-ring (bicyclic) bond motifs is 2. The SMILES string of the molecule is CC[C@H](NC)C(=O)NC1C(=O)N2C(C(=O)NC(c3ccccc3)c3ccccc3)CC[C@@H]2CC[C@@H]1CNC(=O)CCc1cn(CCOCCOCCOCCNC(=O)[C@@H](NC(=O)[C@@H]2CC[C@@H]3CC[C@H](CO)[C@H](NC(=O)[C@H](CC)NC)C(=O)N32)c2ccccc2)nn1. The Kier molecular flexibility index (Phi) is 26.8. The van der Waals surface area contributed by atoms with Gasteiger partial charge in [0.25, 0.3) is 0 Å². The van der Waals surface area contributed by atoms with Crippen LogP contribution in [-0.4, -0.2) is 199 Å². The zero-order valence-corrected chi connectivity index (χ0v) is 52.9. The standard InChI is InChI=1S/C66H93N13O12/c1-5-51(67-3)60(82)73-58-46(22-25-49-27-29-53(78(49)65(58)87)62(84)71-56(43-16-10-7-11-17-43)44-18-12-8-13-19-44)40-70-55(81)31-24-48-41-77(76-75-48)33-35-90-37-39-91-38-36-89-34-32-69-64(86)57(45-20-14-9-15-21-45)72-63(85)54-30-28-50-26-23-47(42-80)59(66(88)79(50)54)74-61(83)52(6-2)68-4/h7-21,41,46-47,49-54,56-59,67-68,80H,5-6,22-40,42H2,1-4H3,(H,69,86)(H,70,81)(H,71,84)(H,72,85)(H,73,82)(H,74,83)/t46-,47-,49+,50+,51+,52+,53?,54+,57+,58?,59+/m1/s1. The fraction of sp³-hybridized carbons (Fsp3) is 0.576. The smallest absolute Gasteiger partial charge is 0.247 e. The van der Waals surface area contributed by atoms with Crippen LogP contribution in [0.1, 0.15) is 119 Å². The normalized spacial score (nSPS) is 22.4. The molecule has 4 aliphatic rings. The van der Waals surface area contributed by atoms with E-state index in [1.807, 2.05) is 80.6 Å². The molecule has 0 radical (unpaired) electrons. The Hall–Kier alpha value is -7.68. The first kappa shape index (κ1) is 69.2. The van der Waals surface area contributed by atoms with E-state index in [2.05, 4.69) is 52.8 Å². The van der Waals surface area contributed by atoms with Gasteiger partial charge in [-0.05, 0) is 95.0 Å². The quantitative estimate of drug-likeness (QED) is 0.0301. The van der Waals surface area contributed by atoms with Crippen LogP contribution in [0.25, 0.3) is 0 Å². The van der Waals surface area contributed by atoms with Crippen molar-refractivity contribution in [1.29, 1.82) is 0 Å². The first-order valence-electron chi connectivity index (χ1n) is 32.4. The number of aryl methyl sites for hydroxylation is 1. The number of aromatic nitrogens is 3. The third kappa shape index (κ3) is 18.7. The molecule has 25 heteroatoms. The molecule has 4 aromatic rings. The maximum Gasteiger partial charge on any atom is 0.247 e. The summed E-state index contributed by atoms with van der Waals surface area (Å²) in [6.07, 6.45) is 7.55. The lowest BCUT2D eigenvalue weighted by molar-refractivity contribution is -0.144. The van der Waals surface area contributed by atoms with Crippen LogP contribution in [0.4, 0.5) is 0 Å². The molecule has 0 spiro atoms. The first-order chi connectivity index (χ1) is 44.3. The predicted octanol–water partition coefficient (Wildman–Crippen LogP) is 1.75. The number of ether oxygens (including phenoxy) is 3. The minimum Gasteiger partial charge on any atom is -0.396 e. The van der Waals surface area contributed by atoms with E-state index in [-0.39, 0.29) is 87.6 Å². The summed E-state index contributed by atoms with van der Waals surface area (Å²) in [6, 6.07) is 21.7. The maximum atomic E-state index is 14.8. The van der Waals surface area contributed by atoms with Gasteiger partial charge in [-0.1, -0.05) is 110 Å². The van der Waals surface area contributed by atoms with Crippen LogP contribution < -0.4 is 42.5 Å². The molecule has 91 heavy (non-hydrogen) atoms. The number of hydrogen-bond donors (Lipinski definition) is 9. The van der Waals surface area contributed by atoms with Crippen LogP contribution in [-0.2, 0) is 65.5 Å². The second-order valence-electron chi connectivity index (χ2n) is 23.8. The van der Waals surface area contributed by atoms with Gasteiger partial charge in [-0.3, -0.25) is 38.4 Å². The number of carbonyl (C=O) groups excluding carboxylic acids is 8. The van der Waals surface area contributed by atoms with Crippen molar-refractivity contribution in [1.82, 2.24) is 67.3 Å². The van der Waals surface area contributed by atoms with Crippen molar-refractivity contribution in [3.8, 4) is 0 Å². The summed E-state index contributed by atoms with van der Waals surface area (Å²) in [5.41, 5.74) is 3.01. The molecule has 8 rings (SSSR count). The molecule has 8 amide bonds. The zero-order valence-electron chi connectivity index (χ0n) is 52.9. The van der Waals surface area contributed by atoms with E-state index in [1.165, 1.54) is 0 Å². The highest BCUT2D eigenvalue weighted by Crippen LogP contribution is 2.37. The van der Waals surface area contributed by atoms with Crippen LogP contribution in [0.5, 0.6) is 0 Å². The lowest BCUT2D eigenvalue weighted by Crippen LogP contribution is -2.59. The van der Waals surface area contributed by atoms with Crippen LogP contribution in [0.2, 0.25) is 0 Å². The number of likely N-dealkylation sites (N-methyl/N-ethyl adjacent to an activating group) is 2.